The van der Waals surface area contributed by atoms with Gasteiger partial charge in [-0.05, 0) is 37.8 Å². The van der Waals surface area contributed by atoms with E-state index in [1.807, 2.05) is 48.2 Å². The van der Waals surface area contributed by atoms with Crippen LogP contribution in [0.5, 0.6) is 0 Å². The van der Waals surface area contributed by atoms with E-state index in [-0.39, 0.29) is 36.3 Å². The van der Waals surface area contributed by atoms with Gasteiger partial charge >= 0.3 is 0 Å². The zero-order chi connectivity index (χ0) is 28.9. The zero-order valence-corrected chi connectivity index (χ0v) is 25.3. The Bertz CT molecular complexity index is 1250. The van der Waals surface area contributed by atoms with E-state index in [1.165, 1.54) is 6.42 Å². The minimum absolute atomic E-state index is 0.00456. The fourth-order valence-corrected chi connectivity index (χ4v) is 10.4. The normalized spacial score (nSPS) is 35.2. The Kier molecular flexibility index (Phi) is 7.60. The molecule has 2 saturated heterocycles. The van der Waals surface area contributed by atoms with E-state index >= 15 is 0 Å². The van der Waals surface area contributed by atoms with Crippen molar-refractivity contribution in [1.29, 1.82) is 0 Å². The van der Waals surface area contributed by atoms with Gasteiger partial charge in [-0.15, -0.1) is 11.8 Å². The third kappa shape index (κ3) is 4.39. The Hall–Kier alpha value is -2.58. The first-order valence-electron chi connectivity index (χ1n) is 15.4. The minimum Gasteiger partial charge on any atom is -0.394 e. The highest BCUT2D eigenvalue weighted by Gasteiger charge is 2.74. The molecular weight excluding hydrogens is 534 g/mol. The average molecular weight is 578 g/mol. The molecule has 220 valence electrons. The first-order chi connectivity index (χ1) is 19.8. The molecule has 4 heterocycles. The number of anilines is 1. The Balaban J connectivity index is 1.48. The van der Waals surface area contributed by atoms with Gasteiger partial charge in [-0.25, -0.2) is 0 Å². The lowest BCUT2D eigenvalue weighted by Crippen LogP contribution is -2.59. The number of nitrogens with zero attached hydrogens (tertiary/aromatic N) is 3. The lowest BCUT2D eigenvalue weighted by Gasteiger charge is -2.43. The van der Waals surface area contributed by atoms with E-state index in [2.05, 4.69) is 32.1 Å². The van der Waals surface area contributed by atoms with Gasteiger partial charge in [-0.1, -0.05) is 82.0 Å². The number of hydrogen-bond donors (Lipinski definition) is 1. The van der Waals surface area contributed by atoms with Crippen LogP contribution in [0.2, 0.25) is 0 Å². The molecule has 3 amide bonds. The van der Waals surface area contributed by atoms with Crippen molar-refractivity contribution in [3.63, 3.8) is 0 Å². The predicted molar refractivity (Wildman–Crippen MR) is 162 cm³/mol. The summed E-state index contributed by atoms with van der Waals surface area (Å²) < 4.78 is -1.54. The Morgan fingerprint density at radius 2 is 1.66 bits per heavy atom. The van der Waals surface area contributed by atoms with E-state index in [0.717, 1.165) is 37.8 Å². The summed E-state index contributed by atoms with van der Waals surface area (Å²) in [5.41, 5.74) is 0.806. The van der Waals surface area contributed by atoms with Crippen molar-refractivity contribution in [3.8, 4) is 0 Å². The number of para-hydroxylation sites is 1. The Morgan fingerprint density at radius 3 is 2.34 bits per heavy atom. The number of likely N-dealkylation sites (tertiary alicyclic amines) is 1. The van der Waals surface area contributed by atoms with Crippen LogP contribution >= 0.6 is 11.8 Å². The summed E-state index contributed by atoms with van der Waals surface area (Å²) in [5.74, 6) is -1.61. The maximum absolute atomic E-state index is 14.8. The number of carbonyl (C=O) groups excluding carboxylic acids is 3. The van der Waals surface area contributed by atoms with Crippen molar-refractivity contribution in [2.75, 3.05) is 24.6 Å². The molecule has 0 bridgehead atoms. The van der Waals surface area contributed by atoms with E-state index in [9.17, 15) is 19.5 Å². The summed E-state index contributed by atoms with van der Waals surface area (Å²) in [7, 11) is 0. The fraction of sp³-hybridized carbons (Fsp3) is 0.606. The molecule has 6 rings (SSSR count). The molecule has 1 aromatic carbocycles. The number of carbonyl (C=O) groups is 3. The SMILES string of the molecule is CC[C@H](C)[C@H](CO)N1C(=O)[C@@H]2[C@@H]3C(=O)N(c4ccccc4)CC=C[C@]3(C)S[C@@]23C=CCN(C2CCCCC2)C(=O)C13. The summed E-state index contributed by atoms with van der Waals surface area (Å²) in [6.45, 7) is 6.90. The topological polar surface area (TPSA) is 81.2 Å². The van der Waals surface area contributed by atoms with E-state index in [4.69, 9.17) is 0 Å². The molecule has 0 radical (unpaired) electrons. The molecule has 8 heteroatoms. The number of thioether (sulfide) groups is 1. The number of rotatable bonds is 6. The Labute approximate surface area is 248 Å². The highest BCUT2D eigenvalue weighted by atomic mass is 32.2. The first kappa shape index (κ1) is 28.5. The second-order valence-electron chi connectivity index (χ2n) is 12.7. The van der Waals surface area contributed by atoms with Crippen LogP contribution in [0.3, 0.4) is 0 Å². The van der Waals surface area contributed by atoms with Crippen LogP contribution in [0.4, 0.5) is 5.69 Å². The summed E-state index contributed by atoms with van der Waals surface area (Å²) in [6.07, 6.45) is 14.5. The largest absolute Gasteiger partial charge is 0.394 e. The van der Waals surface area contributed by atoms with Crippen molar-refractivity contribution < 1.29 is 19.5 Å². The molecule has 1 saturated carbocycles. The molecule has 7 nitrogen and oxygen atoms in total. The highest BCUT2D eigenvalue weighted by molar-refractivity contribution is 8.02. The maximum Gasteiger partial charge on any atom is 0.247 e. The number of aliphatic hydroxyl groups is 1. The van der Waals surface area contributed by atoms with Crippen molar-refractivity contribution in [1.82, 2.24) is 9.80 Å². The van der Waals surface area contributed by atoms with Crippen molar-refractivity contribution >= 4 is 35.2 Å². The summed E-state index contributed by atoms with van der Waals surface area (Å²) >= 11 is 1.62. The van der Waals surface area contributed by atoms with Gasteiger partial charge in [0.15, 0.2) is 0 Å². The number of hydrogen-bond acceptors (Lipinski definition) is 5. The van der Waals surface area contributed by atoms with Crippen LogP contribution in [0.15, 0.2) is 54.6 Å². The van der Waals surface area contributed by atoms with Crippen LogP contribution in [0.25, 0.3) is 0 Å². The second kappa shape index (κ2) is 10.9. The quantitative estimate of drug-likeness (QED) is 0.507. The van der Waals surface area contributed by atoms with Gasteiger partial charge < -0.3 is 19.8 Å². The van der Waals surface area contributed by atoms with E-state index in [1.54, 1.807) is 21.6 Å². The smallest absolute Gasteiger partial charge is 0.247 e. The molecule has 0 aromatic heterocycles. The molecule has 1 N–H and O–H groups in total. The van der Waals surface area contributed by atoms with Crippen LogP contribution in [0, 0.1) is 17.8 Å². The predicted octanol–water partition coefficient (Wildman–Crippen LogP) is 4.42. The maximum atomic E-state index is 14.8. The van der Waals surface area contributed by atoms with E-state index < -0.39 is 33.4 Å². The number of aliphatic hydroxyl groups excluding tert-OH is 1. The second-order valence-corrected chi connectivity index (χ2v) is 14.5. The lowest BCUT2D eigenvalue weighted by atomic mass is 9.74. The van der Waals surface area contributed by atoms with Crippen LogP contribution in [0.1, 0.15) is 59.3 Å². The zero-order valence-electron chi connectivity index (χ0n) is 24.4. The van der Waals surface area contributed by atoms with Gasteiger partial charge in [0, 0.05) is 29.6 Å². The molecule has 5 aliphatic rings. The van der Waals surface area contributed by atoms with Gasteiger partial charge in [0.2, 0.25) is 17.7 Å². The summed E-state index contributed by atoms with van der Waals surface area (Å²) in [5, 5.41) is 10.7. The molecule has 7 atom stereocenters. The summed E-state index contributed by atoms with van der Waals surface area (Å²) in [6, 6.07) is 8.54. The molecule has 1 aliphatic carbocycles. The highest BCUT2D eigenvalue weighted by Crippen LogP contribution is 2.66. The minimum atomic E-state index is -0.891. The third-order valence-corrected chi connectivity index (χ3v) is 12.3. The van der Waals surface area contributed by atoms with Gasteiger partial charge in [-0.3, -0.25) is 14.4 Å². The van der Waals surface area contributed by atoms with Gasteiger partial charge in [-0.2, -0.15) is 0 Å². The molecule has 4 aliphatic heterocycles. The number of amides is 3. The van der Waals surface area contributed by atoms with E-state index in [0.29, 0.717) is 13.1 Å². The monoisotopic (exact) mass is 577 g/mol. The standard InChI is InChI=1S/C33H43N3O4S/c1-4-22(2)25(21-37)36-28-31(40)35(24-15-9-6-10-16-24)20-12-18-33(28)27(30(36)39)26-29(38)34(23-13-7-5-8-14-23)19-11-17-32(26,3)41-33/h5,7-8,11-14,17-18,22,24-28,37H,4,6,9-10,15-16,19-21H2,1-3H3/t22-,25-,26+,27-,28?,32-,33-/m0/s1. The van der Waals surface area contributed by atoms with Crippen LogP contribution < -0.4 is 4.90 Å². The molecule has 1 spiro atoms. The summed E-state index contributed by atoms with van der Waals surface area (Å²) in [4.78, 5) is 49.7. The number of benzene rings is 1. The van der Waals surface area contributed by atoms with Gasteiger partial charge in [0.25, 0.3) is 0 Å². The van der Waals surface area contributed by atoms with Gasteiger partial charge in [0.05, 0.1) is 29.2 Å². The van der Waals surface area contributed by atoms with Crippen molar-refractivity contribution in [2.24, 2.45) is 17.8 Å². The van der Waals surface area contributed by atoms with Crippen LogP contribution in [-0.2, 0) is 14.4 Å². The molecular formula is C33H43N3O4S. The van der Waals surface area contributed by atoms with Gasteiger partial charge in [0.1, 0.15) is 6.04 Å². The van der Waals surface area contributed by atoms with Crippen molar-refractivity contribution in [2.45, 2.75) is 86.9 Å². The fourth-order valence-electron chi connectivity index (χ4n) is 8.21. The average Bonchev–Trinajstić information content (AvgIpc) is 3.25. The lowest BCUT2D eigenvalue weighted by molar-refractivity contribution is -0.148. The molecule has 3 fully saturated rings. The number of fused-ring (bicyclic) bond motifs is 2. The molecule has 41 heavy (non-hydrogen) atoms. The van der Waals surface area contributed by atoms with Crippen molar-refractivity contribution in [3.05, 3.63) is 54.6 Å². The van der Waals surface area contributed by atoms with Crippen LogP contribution in [-0.4, -0.2) is 79.9 Å². The Morgan fingerprint density at radius 1 is 0.951 bits per heavy atom. The molecule has 1 aromatic rings. The third-order valence-electron chi connectivity index (χ3n) is 10.5. The first-order valence-corrected chi connectivity index (χ1v) is 16.2. The molecule has 1 unspecified atom stereocenters.